The van der Waals surface area contributed by atoms with Gasteiger partial charge in [-0.15, -0.1) is 0 Å². The van der Waals surface area contributed by atoms with Crippen LogP contribution in [0, 0.1) is 0 Å². The number of allylic oxidation sites excluding steroid dienone is 12. The lowest BCUT2D eigenvalue weighted by molar-refractivity contribution is -0.161. The summed E-state index contributed by atoms with van der Waals surface area (Å²) in [5, 5.41) is 0. The first kappa shape index (κ1) is 68.5. The van der Waals surface area contributed by atoms with Crippen LogP contribution in [0.4, 0.5) is 0 Å². The van der Waals surface area contributed by atoms with E-state index in [0.717, 1.165) is 70.6 Å². The van der Waals surface area contributed by atoms with Gasteiger partial charge in [-0.2, -0.15) is 0 Å². The Kier molecular flexibility index (Phi) is 54.7. The topological polar surface area (TPSA) is 134 Å². The molecule has 0 aromatic carbocycles. The Bertz CT molecular complexity index is 1390. The third kappa shape index (κ3) is 56.6. The Morgan fingerprint density at radius 2 is 0.732 bits per heavy atom. The van der Waals surface area contributed by atoms with Crippen LogP contribution in [-0.4, -0.2) is 49.3 Å². The summed E-state index contributed by atoms with van der Waals surface area (Å²) in [4.78, 5) is 35.2. The second-order valence-electron chi connectivity index (χ2n) is 19.5. The zero-order chi connectivity index (χ0) is 51.7. The fraction of sp³-hybridized carbons (Fsp3) is 0.770. The molecular weight excluding hydrogens is 906 g/mol. The Morgan fingerprint density at radius 1 is 0.423 bits per heavy atom. The van der Waals surface area contributed by atoms with E-state index in [0.29, 0.717) is 6.42 Å². The van der Waals surface area contributed by atoms with Crippen LogP contribution in [0.25, 0.3) is 0 Å². The highest BCUT2D eigenvalue weighted by molar-refractivity contribution is 7.47. The van der Waals surface area contributed by atoms with Crippen molar-refractivity contribution in [1.82, 2.24) is 0 Å². The van der Waals surface area contributed by atoms with Gasteiger partial charge in [-0.25, -0.2) is 4.57 Å². The van der Waals surface area contributed by atoms with Crippen LogP contribution in [0.15, 0.2) is 72.9 Å². The van der Waals surface area contributed by atoms with Gasteiger partial charge in [0.15, 0.2) is 6.10 Å². The molecule has 0 aliphatic heterocycles. The van der Waals surface area contributed by atoms with E-state index in [-0.39, 0.29) is 38.6 Å². The van der Waals surface area contributed by atoms with Gasteiger partial charge in [0.1, 0.15) is 6.61 Å². The maximum absolute atomic E-state index is 12.7. The van der Waals surface area contributed by atoms with Crippen LogP contribution < -0.4 is 5.73 Å². The third-order valence-corrected chi connectivity index (χ3v) is 13.5. The average Bonchev–Trinajstić information content (AvgIpc) is 3.36. The molecule has 9 nitrogen and oxygen atoms in total. The number of rotatable bonds is 55. The van der Waals surface area contributed by atoms with Crippen molar-refractivity contribution in [2.75, 3.05) is 26.4 Å². The molecule has 10 heteroatoms. The minimum Gasteiger partial charge on any atom is -0.462 e. The first-order valence-electron chi connectivity index (χ1n) is 29.4. The van der Waals surface area contributed by atoms with Gasteiger partial charge in [-0.1, -0.05) is 241 Å². The Balaban J connectivity index is 4.00. The second-order valence-corrected chi connectivity index (χ2v) is 21.0. The molecule has 412 valence electrons. The molecular formula is C61H110NO8P. The smallest absolute Gasteiger partial charge is 0.462 e. The molecule has 0 fully saturated rings. The summed E-state index contributed by atoms with van der Waals surface area (Å²) in [5.74, 6) is -0.833. The normalized spacial score (nSPS) is 13.6. The van der Waals surface area contributed by atoms with Crippen molar-refractivity contribution in [3.8, 4) is 0 Å². The van der Waals surface area contributed by atoms with Crippen LogP contribution in [0.3, 0.4) is 0 Å². The van der Waals surface area contributed by atoms with E-state index in [9.17, 15) is 19.0 Å². The van der Waals surface area contributed by atoms with Crippen molar-refractivity contribution in [1.29, 1.82) is 0 Å². The molecule has 0 rings (SSSR count). The number of ether oxygens (including phenoxy) is 2. The fourth-order valence-corrected chi connectivity index (χ4v) is 8.95. The number of hydrogen-bond acceptors (Lipinski definition) is 8. The van der Waals surface area contributed by atoms with Crippen LogP contribution in [0.5, 0.6) is 0 Å². The zero-order valence-corrected chi connectivity index (χ0v) is 46.8. The van der Waals surface area contributed by atoms with Crippen LogP contribution >= 0.6 is 7.82 Å². The molecule has 0 heterocycles. The van der Waals surface area contributed by atoms with Crippen LogP contribution in [0.2, 0.25) is 0 Å². The highest BCUT2D eigenvalue weighted by Gasteiger charge is 2.26. The lowest BCUT2D eigenvalue weighted by Gasteiger charge is -2.19. The van der Waals surface area contributed by atoms with Crippen molar-refractivity contribution in [3.05, 3.63) is 72.9 Å². The monoisotopic (exact) mass is 1020 g/mol. The molecule has 0 bridgehead atoms. The number of nitrogens with two attached hydrogens (primary N) is 1. The number of unbranched alkanes of at least 4 members (excludes halogenated alkanes) is 30. The highest BCUT2D eigenvalue weighted by atomic mass is 31.2. The standard InChI is InChI=1S/C61H110NO8P/c1-3-5-7-9-11-13-15-17-19-21-23-25-27-29-31-33-35-37-39-41-43-45-47-49-51-53-60(63)67-57-59(58-69-71(65,66)68-56-55-62)70-61(64)54-52-50-48-46-44-42-40-38-36-34-32-30-28-26-24-22-20-18-16-14-12-10-8-6-4-2/h15-18,21-24,27-30,59H,3-14,19-20,25-26,31-58,62H2,1-2H3,(H,65,66)/b17-15-,18-16-,23-21-,24-22-,29-27-,30-28-. The lowest BCUT2D eigenvalue weighted by Crippen LogP contribution is -2.29. The van der Waals surface area contributed by atoms with Gasteiger partial charge in [0, 0.05) is 19.4 Å². The van der Waals surface area contributed by atoms with E-state index in [1.165, 1.54) is 167 Å². The summed E-state index contributed by atoms with van der Waals surface area (Å²) in [6.45, 7) is 3.73. The third-order valence-electron chi connectivity index (χ3n) is 12.6. The lowest BCUT2D eigenvalue weighted by atomic mass is 10.0. The Labute approximate surface area is 437 Å². The predicted molar refractivity (Wildman–Crippen MR) is 302 cm³/mol. The summed E-state index contributed by atoms with van der Waals surface area (Å²) in [7, 11) is -4.39. The molecule has 0 aromatic rings. The maximum Gasteiger partial charge on any atom is 0.472 e. The van der Waals surface area contributed by atoms with Crippen LogP contribution in [0.1, 0.15) is 271 Å². The zero-order valence-electron chi connectivity index (χ0n) is 45.9. The predicted octanol–water partition coefficient (Wildman–Crippen LogP) is 18.5. The molecule has 2 unspecified atom stereocenters. The molecule has 0 saturated carbocycles. The van der Waals surface area contributed by atoms with Crippen molar-refractivity contribution >= 4 is 19.8 Å². The van der Waals surface area contributed by atoms with Gasteiger partial charge in [-0.3, -0.25) is 18.6 Å². The Morgan fingerprint density at radius 3 is 1.08 bits per heavy atom. The van der Waals surface area contributed by atoms with Gasteiger partial charge >= 0.3 is 19.8 Å². The summed E-state index contributed by atoms with van der Waals surface area (Å²) >= 11 is 0. The summed E-state index contributed by atoms with van der Waals surface area (Å²) in [6.07, 6.45) is 72.3. The molecule has 0 amide bonds. The minimum absolute atomic E-state index is 0.0496. The molecule has 0 radical (unpaired) electrons. The molecule has 0 aromatic heterocycles. The first-order valence-corrected chi connectivity index (χ1v) is 30.9. The number of phosphoric ester groups is 1. The van der Waals surface area contributed by atoms with Gasteiger partial charge in [0.05, 0.1) is 13.2 Å². The number of carbonyl (C=O) groups is 2. The molecule has 0 aliphatic rings. The van der Waals surface area contributed by atoms with E-state index >= 15 is 0 Å². The number of esters is 2. The van der Waals surface area contributed by atoms with Gasteiger partial charge in [0.25, 0.3) is 0 Å². The quantitative estimate of drug-likeness (QED) is 0.0264. The van der Waals surface area contributed by atoms with E-state index in [4.69, 9.17) is 24.3 Å². The van der Waals surface area contributed by atoms with E-state index in [2.05, 4.69) is 86.8 Å². The van der Waals surface area contributed by atoms with E-state index in [1.54, 1.807) is 0 Å². The largest absolute Gasteiger partial charge is 0.472 e. The first-order chi connectivity index (χ1) is 34.8. The highest BCUT2D eigenvalue weighted by Crippen LogP contribution is 2.43. The second kappa shape index (κ2) is 56.7. The average molecular weight is 1020 g/mol. The summed E-state index contributed by atoms with van der Waals surface area (Å²) in [5.41, 5.74) is 5.38. The van der Waals surface area contributed by atoms with Crippen molar-refractivity contribution in [2.24, 2.45) is 5.73 Å². The molecule has 3 N–H and O–H groups in total. The number of carbonyl (C=O) groups excluding carboxylic acids is 2. The minimum atomic E-state index is -4.39. The summed E-state index contributed by atoms with van der Waals surface area (Å²) in [6, 6.07) is 0. The van der Waals surface area contributed by atoms with Crippen molar-refractivity contribution in [2.45, 2.75) is 277 Å². The molecule has 71 heavy (non-hydrogen) atoms. The van der Waals surface area contributed by atoms with Crippen molar-refractivity contribution < 1.29 is 37.6 Å². The molecule has 0 aliphatic carbocycles. The Hall–Kier alpha value is -2.55. The maximum atomic E-state index is 12.7. The van der Waals surface area contributed by atoms with E-state index in [1.807, 2.05) is 0 Å². The fourth-order valence-electron chi connectivity index (χ4n) is 8.18. The van der Waals surface area contributed by atoms with Crippen LogP contribution in [-0.2, 0) is 32.7 Å². The summed E-state index contributed by atoms with van der Waals surface area (Å²) < 4.78 is 33.0. The molecule has 2 atom stereocenters. The SMILES string of the molecule is CCCCCCC/C=C\C/C=C\C/C=C\CCCCCCCCCCCCC(=O)OCC(COP(=O)(O)OCCN)OC(=O)CCCCCCCCCCCC/C=C\C/C=C\C/C=C\CCCCCCC. The number of phosphoric acid groups is 1. The number of hydrogen-bond donors (Lipinski definition) is 2. The van der Waals surface area contributed by atoms with Crippen molar-refractivity contribution in [3.63, 3.8) is 0 Å². The molecule has 0 saturated heterocycles. The van der Waals surface area contributed by atoms with Gasteiger partial charge in [0.2, 0.25) is 0 Å². The van der Waals surface area contributed by atoms with Gasteiger partial charge < -0.3 is 20.1 Å². The van der Waals surface area contributed by atoms with Gasteiger partial charge in [-0.05, 0) is 89.9 Å². The molecule has 0 spiro atoms. The van der Waals surface area contributed by atoms with E-state index < -0.39 is 26.5 Å².